The molecule has 1 amide bonds. The molecule has 2 aromatic carbocycles. The van der Waals surface area contributed by atoms with Gasteiger partial charge in [-0.25, -0.2) is 9.59 Å². The summed E-state index contributed by atoms with van der Waals surface area (Å²) in [4.78, 5) is 28.8. The van der Waals surface area contributed by atoms with Gasteiger partial charge in [0.05, 0.1) is 24.4 Å². The molecule has 0 radical (unpaired) electrons. The number of esters is 1. The van der Waals surface area contributed by atoms with Crippen LogP contribution in [0.3, 0.4) is 0 Å². The Morgan fingerprint density at radius 1 is 0.833 bits per heavy atom. The fourth-order valence-electron chi connectivity index (χ4n) is 11.4. The maximum absolute atomic E-state index is 13.6. The third-order valence-electron chi connectivity index (χ3n) is 14.7. The molecule has 0 bridgehead atoms. The molecule has 2 heterocycles. The van der Waals surface area contributed by atoms with Gasteiger partial charge in [-0.1, -0.05) is 168 Å². The first-order chi connectivity index (χ1) is 30.9. The molecule has 0 aromatic heterocycles. The van der Waals surface area contributed by atoms with Crippen molar-refractivity contribution in [3.63, 3.8) is 0 Å². The largest absolute Gasteiger partial charge is 0.458 e. The molecule has 4 aliphatic rings. The zero-order chi connectivity index (χ0) is 48.4. The van der Waals surface area contributed by atoms with Crippen LogP contribution in [-0.4, -0.2) is 74.2 Å². The van der Waals surface area contributed by atoms with Crippen LogP contribution in [0.15, 0.2) is 133 Å². The van der Waals surface area contributed by atoms with Crippen LogP contribution in [0.4, 0.5) is 4.79 Å². The molecule has 0 spiro atoms. The molecular formula is C57H79NO7Si. The van der Waals surface area contributed by atoms with Gasteiger partial charge in [-0.2, -0.15) is 0 Å². The molecule has 358 valence electrons. The Bertz CT molecular complexity index is 2150. The lowest BCUT2D eigenvalue weighted by molar-refractivity contribution is -0.153. The predicted octanol–water partition coefficient (Wildman–Crippen LogP) is 11.7. The van der Waals surface area contributed by atoms with Gasteiger partial charge >= 0.3 is 12.1 Å². The van der Waals surface area contributed by atoms with Crippen LogP contribution in [0.1, 0.15) is 110 Å². The number of hydrogen-bond acceptors (Lipinski definition) is 7. The van der Waals surface area contributed by atoms with Gasteiger partial charge in [0, 0.05) is 36.9 Å². The number of nitrogens with zero attached hydrogens (tertiary/aromatic N) is 1. The van der Waals surface area contributed by atoms with Crippen molar-refractivity contribution >= 4 is 30.8 Å². The van der Waals surface area contributed by atoms with E-state index in [0.29, 0.717) is 0 Å². The minimum atomic E-state index is -2.89. The number of amides is 1. The number of cyclic esters (lactones) is 1. The summed E-state index contributed by atoms with van der Waals surface area (Å²) in [7, 11) is -1.04. The molecule has 6 rings (SSSR count). The molecular weight excluding hydrogens is 839 g/mol. The van der Waals surface area contributed by atoms with Gasteiger partial charge in [0.2, 0.25) is 0 Å². The van der Waals surface area contributed by atoms with Gasteiger partial charge in [-0.3, -0.25) is 4.90 Å². The van der Waals surface area contributed by atoms with E-state index in [1.54, 1.807) is 11.0 Å². The molecule has 66 heavy (non-hydrogen) atoms. The van der Waals surface area contributed by atoms with E-state index in [2.05, 4.69) is 159 Å². The van der Waals surface area contributed by atoms with E-state index < -0.39 is 43.9 Å². The Morgan fingerprint density at radius 3 is 2.03 bits per heavy atom. The van der Waals surface area contributed by atoms with E-state index >= 15 is 0 Å². The quantitative estimate of drug-likeness (QED) is 0.155. The highest BCUT2D eigenvalue weighted by molar-refractivity contribution is 6.99. The summed E-state index contributed by atoms with van der Waals surface area (Å²) in [5, 5.41) is 2.39. The van der Waals surface area contributed by atoms with Crippen LogP contribution in [0, 0.1) is 35.0 Å². The lowest BCUT2D eigenvalue weighted by Gasteiger charge is -2.55. The zero-order valence-electron chi connectivity index (χ0n) is 42.5. The predicted molar refractivity (Wildman–Crippen MR) is 270 cm³/mol. The number of allylic oxidation sites excluding steroid dienone is 9. The first-order valence-corrected chi connectivity index (χ1v) is 26.1. The van der Waals surface area contributed by atoms with Gasteiger partial charge in [0.25, 0.3) is 8.32 Å². The van der Waals surface area contributed by atoms with Crippen molar-refractivity contribution in [1.82, 2.24) is 4.90 Å². The number of ether oxygens (including phenoxy) is 4. The Morgan fingerprint density at radius 2 is 1.45 bits per heavy atom. The van der Waals surface area contributed by atoms with Crippen molar-refractivity contribution in [1.29, 1.82) is 0 Å². The van der Waals surface area contributed by atoms with Crippen LogP contribution in [0.5, 0.6) is 0 Å². The smallest absolute Gasteiger partial charge is 0.412 e. The minimum absolute atomic E-state index is 0.0240. The molecule has 9 heteroatoms. The van der Waals surface area contributed by atoms with Gasteiger partial charge in [0.15, 0.2) is 0 Å². The molecule has 0 unspecified atom stereocenters. The summed E-state index contributed by atoms with van der Waals surface area (Å²) in [5.41, 5.74) is 0.248. The number of carbonyl (C=O) groups is 2. The highest BCUT2D eigenvalue weighted by atomic mass is 28.4. The summed E-state index contributed by atoms with van der Waals surface area (Å²) in [6.45, 7) is 29.2. The van der Waals surface area contributed by atoms with E-state index in [4.69, 9.17) is 23.4 Å². The van der Waals surface area contributed by atoms with Crippen LogP contribution in [-0.2, 0) is 28.2 Å². The van der Waals surface area contributed by atoms with Crippen LogP contribution in [0.2, 0.25) is 5.04 Å². The summed E-state index contributed by atoms with van der Waals surface area (Å²) < 4.78 is 33.1. The van der Waals surface area contributed by atoms with E-state index in [1.165, 1.54) is 16.4 Å². The van der Waals surface area contributed by atoms with Crippen LogP contribution < -0.4 is 10.4 Å². The molecule has 0 N–H and O–H groups in total. The highest BCUT2D eigenvalue weighted by Crippen LogP contribution is 2.55. The highest BCUT2D eigenvalue weighted by Gasteiger charge is 2.57. The lowest BCUT2D eigenvalue weighted by Crippen LogP contribution is -2.69. The molecule has 8 nitrogen and oxygen atoms in total. The number of methoxy groups -OCH3 is 1. The van der Waals surface area contributed by atoms with Crippen molar-refractivity contribution in [3.05, 3.63) is 133 Å². The number of hydrogen-bond donors (Lipinski definition) is 0. The average molecular weight is 918 g/mol. The van der Waals surface area contributed by atoms with Crippen molar-refractivity contribution < 1.29 is 33.0 Å². The van der Waals surface area contributed by atoms with Gasteiger partial charge in [0.1, 0.15) is 17.4 Å². The number of rotatable bonds is 7. The second kappa shape index (κ2) is 20.1. The Kier molecular flexibility index (Phi) is 15.6. The van der Waals surface area contributed by atoms with Gasteiger partial charge < -0.3 is 23.4 Å². The van der Waals surface area contributed by atoms with E-state index in [9.17, 15) is 9.59 Å². The number of carbonyl (C=O) groups excluding carboxylic acids is 2. The molecule has 2 fully saturated rings. The summed E-state index contributed by atoms with van der Waals surface area (Å²) in [5.74, 6) is -0.447. The maximum atomic E-state index is 13.6. The summed E-state index contributed by atoms with van der Waals surface area (Å²) in [6, 6.07) is 21.6. The lowest BCUT2D eigenvalue weighted by atomic mass is 9.55. The Hall–Kier alpha value is -4.28. The molecule has 2 aliphatic heterocycles. The topological polar surface area (TPSA) is 83.5 Å². The van der Waals surface area contributed by atoms with E-state index in [1.807, 2.05) is 54.7 Å². The minimum Gasteiger partial charge on any atom is -0.458 e. The number of benzene rings is 2. The summed E-state index contributed by atoms with van der Waals surface area (Å²) in [6.07, 6.45) is 21.7. The van der Waals surface area contributed by atoms with Crippen molar-refractivity contribution in [2.75, 3.05) is 7.11 Å². The van der Waals surface area contributed by atoms with Crippen LogP contribution >= 0.6 is 0 Å². The monoisotopic (exact) mass is 918 g/mol. The standard InChI is InChI=1S/C57H79NO7Si/c1-38-23-22-28-50(59)62-51(41(4)52-42(5)58(56(12,13)63-52)53(60)64-54(6,7)8)40(3)30-29-39(2)35-43-31-32-47-48(57(43,14)34-33-38)36-44(61-15)37-49(47)65-66(55(9,10)11,45-24-18-16-19-25-45)46-26-20-17-21-27-46/h16-35,40-44,47-49,51-52H,36-37H2,1-15H3/b28-22+,30-29+,34-33+,38-23-,39-35+/t40-,41+,42-,43-,44+,47-,48-,49+,51-,52+,57+/m1/s1. The molecule has 2 aliphatic carbocycles. The first-order valence-electron chi connectivity index (χ1n) is 24.2. The fraction of sp³-hybridized carbons (Fsp3) is 0.544. The van der Waals surface area contributed by atoms with Gasteiger partial charge in [-0.05, 0) is 95.0 Å². The molecule has 1 saturated carbocycles. The normalized spacial score (nSPS) is 34.3. The van der Waals surface area contributed by atoms with Crippen LogP contribution in [0.25, 0.3) is 0 Å². The van der Waals surface area contributed by atoms with Gasteiger partial charge in [-0.15, -0.1) is 0 Å². The molecule has 1 saturated heterocycles. The SMILES string of the molecule is CO[C@@H]1C[C@H](O[Si](c2ccccc2)(c2ccccc2)C(C)(C)C)[C@@H]2C=C[C@@H]3/C=C(C)/C=C/[C@@H](C)[C@H]([C@H](C)[C@@H]4OC(C)(C)N(C(=O)OC(C)(C)C)[C@@H]4C)OC(=O)/C=C/C=C(C)\C=C\[C@]3(C)[C@@H]2C1. The van der Waals surface area contributed by atoms with E-state index in [0.717, 1.165) is 24.0 Å². The molecule has 2 aromatic rings. The third-order valence-corrected chi connectivity index (χ3v) is 19.8. The molecule has 11 atom stereocenters. The summed E-state index contributed by atoms with van der Waals surface area (Å²) >= 11 is 0. The first kappa shape index (κ1) is 51.1. The maximum Gasteiger partial charge on any atom is 0.412 e. The Balaban J connectivity index is 1.38. The second-order valence-corrected chi connectivity index (χ2v) is 26.5. The zero-order valence-corrected chi connectivity index (χ0v) is 43.5. The average Bonchev–Trinajstić information content (AvgIpc) is 3.50. The fourth-order valence-corrected chi connectivity index (χ4v) is 16.1. The third kappa shape index (κ3) is 10.9. The van der Waals surface area contributed by atoms with Crippen molar-refractivity contribution in [2.45, 2.75) is 157 Å². The Labute approximate surface area is 398 Å². The second-order valence-electron chi connectivity index (χ2n) is 22.2. The van der Waals surface area contributed by atoms with Crippen molar-refractivity contribution in [2.24, 2.45) is 35.0 Å². The van der Waals surface area contributed by atoms with E-state index in [-0.39, 0.29) is 58.3 Å². The van der Waals surface area contributed by atoms with Crippen molar-refractivity contribution in [3.8, 4) is 0 Å². The number of fused-ring (bicyclic) bond motifs is 3.